The third-order valence-corrected chi connectivity index (χ3v) is 7.88. The molecule has 0 amide bonds. The molecule has 2 atom stereocenters. The number of hydrogen-bond acceptors (Lipinski definition) is 0. The fraction of sp³-hybridized carbons (Fsp3) is 0.0968. The van der Waals surface area contributed by atoms with Gasteiger partial charge in [-0.3, -0.25) is 0 Å². The standard InChI is InChI=1S/C31H23BrN2/c1-19-22(20-8-3-2-4-9-20)11-7-13-27(19)34-28-12-6-5-10-23(28)31-29(34)17-16-26-30(31)24-18-21(32)14-15-25(24)33-26/h2-19,27,33H,1H3. The summed E-state index contributed by atoms with van der Waals surface area (Å²) >= 11 is 3.69. The molecule has 0 radical (unpaired) electrons. The summed E-state index contributed by atoms with van der Waals surface area (Å²) < 4.78 is 3.65. The Kier molecular flexibility index (Phi) is 4.37. The molecular formula is C31H23BrN2. The Bertz CT molecular complexity index is 1780. The fourth-order valence-corrected chi connectivity index (χ4v) is 6.21. The molecule has 164 valence electrons. The maximum absolute atomic E-state index is 3.69. The predicted molar refractivity (Wildman–Crippen MR) is 148 cm³/mol. The Labute approximate surface area is 206 Å². The topological polar surface area (TPSA) is 20.7 Å². The Morgan fingerprint density at radius 1 is 0.765 bits per heavy atom. The molecule has 2 nitrogen and oxygen atoms in total. The van der Waals surface area contributed by atoms with E-state index >= 15 is 0 Å². The maximum atomic E-state index is 3.69. The molecular weight excluding hydrogens is 480 g/mol. The Balaban J connectivity index is 1.54. The number of para-hydroxylation sites is 1. The third-order valence-electron chi connectivity index (χ3n) is 7.39. The van der Waals surface area contributed by atoms with Gasteiger partial charge in [0.25, 0.3) is 0 Å². The number of allylic oxidation sites excluding steroid dienone is 4. The van der Waals surface area contributed by atoms with E-state index in [1.165, 1.54) is 54.7 Å². The van der Waals surface area contributed by atoms with Crippen molar-refractivity contribution >= 4 is 65.1 Å². The lowest BCUT2D eigenvalue weighted by atomic mass is 9.84. The van der Waals surface area contributed by atoms with E-state index in [9.17, 15) is 0 Å². The highest BCUT2D eigenvalue weighted by molar-refractivity contribution is 9.10. The van der Waals surface area contributed by atoms with Crippen molar-refractivity contribution in [1.29, 1.82) is 0 Å². The van der Waals surface area contributed by atoms with Crippen LogP contribution in [0.2, 0.25) is 0 Å². The quantitative estimate of drug-likeness (QED) is 0.243. The van der Waals surface area contributed by atoms with Crippen molar-refractivity contribution in [2.24, 2.45) is 5.92 Å². The molecule has 34 heavy (non-hydrogen) atoms. The highest BCUT2D eigenvalue weighted by atomic mass is 79.9. The van der Waals surface area contributed by atoms with Crippen LogP contribution in [0.4, 0.5) is 0 Å². The smallest absolute Gasteiger partial charge is 0.0591 e. The van der Waals surface area contributed by atoms with Gasteiger partial charge in [-0.2, -0.15) is 0 Å². The molecule has 0 saturated heterocycles. The summed E-state index contributed by atoms with van der Waals surface area (Å²) in [5.74, 6) is 0.346. The monoisotopic (exact) mass is 502 g/mol. The summed E-state index contributed by atoms with van der Waals surface area (Å²) in [6, 6.07) is 30.9. The Morgan fingerprint density at radius 3 is 2.44 bits per heavy atom. The summed E-state index contributed by atoms with van der Waals surface area (Å²) in [5.41, 5.74) is 7.60. The first-order chi connectivity index (χ1) is 16.7. The molecule has 2 unspecified atom stereocenters. The molecule has 0 spiro atoms. The van der Waals surface area contributed by atoms with Crippen molar-refractivity contribution in [2.45, 2.75) is 13.0 Å². The highest BCUT2D eigenvalue weighted by Crippen LogP contribution is 2.44. The van der Waals surface area contributed by atoms with E-state index in [0.717, 1.165) is 4.47 Å². The number of aromatic amines is 1. The normalized spacial score (nSPS) is 18.4. The lowest BCUT2D eigenvalue weighted by Crippen LogP contribution is -2.18. The number of aromatic nitrogens is 2. The number of benzene rings is 4. The van der Waals surface area contributed by atoms with Gasteiger partial charge in [-0.05, 0) is 47.5 Å². The largest absolute Gasteiger partial charge is 0.354 e. The van der Waals surface area contributed by atoms with Crippen LogP contribution in [0.3, 0.4) is 0 Å². The zero-order valence-electron chi connectivity index (χ0n) is 18.8. The lowest BCUT2D eigenvalue weighted by Gasteiger charge is -2.29. The van der Waals surface area contributed by atoms with Crippen LogP contribution in [0.5, 0.6) is 0 Å². The average molecular weight is 503 g/mol. The first-order valence-electron chi connectivity index (χ1n) is 11.8. The highest BCUT2D eigenvalue weighted by Gasteiger charge is 2.27. The summed E-state index contributed by atoms with van der Waals surface area (Å²) in [6.45, 7) is 2.36. The molecule has 1 N–H and O–H groups in total. The summed E-state index contributed by atoms with van der Waals surface area (Å²) in [6.07, 6.45) is 6.87. The second kappa shape index (κ2) is 7.48. The van der Waals surface area contributed by atoms with Crippen LogP contribution in [0, 0.1) is 5.92 Å². The van der Waals surface area contributed by atoms with Crippen molar-refractivity contribution in [1.82, 2.24) is 9.55 Å². The van der Waals surface area contributed by atoms with Crippen molar-refractivity contribution in [3.05, 3.63) is 113 Å². The molecule has 3 heteroatoms. The van der Waals surface area contributed by atoms with Gasteiger partial charge in [0.1, 0.15) is 0 Å². The van der Waals surface area contributed by atoms with Gasteiger partial charge >= 0.3 is 0 Å². The minimum Gasteiger partial charge on any atom is -0.354 e. The van der Waals surface area contributed by atoms with Crippen LogP contribution < -0.4 is 0 Å². The van der Waals surface area contributed by atoms with Crippen LogP contribution in [0.1, 0.15) is 18.5 Å². The first kappa shape index (κ1) is 19.9. The minimum atomic E-state index is 0.233. The van der Waals surface area contributed by atoms with Gasteiger partial charge in [-0.1, -0.05) is 89.6 Å². The molecule has 1 aliphatic rings. The first-order valence-corrected chi connectivity index (χ1v) is 12.6. The summed E-state index contributed by atoms with van der Waals surface area (Å²) in [7, 11) is 0. The van der Waals surface area contributed by atoms with Crippen molar-refractivity contribution in [2.75, 3.05) is 0 Å². The lowest BCUT2D eigenvalue weighted by molar-refractivity contribution is 0.523. The van der Waals surface area contributed by atoms with Gasteiger partial charge < -0.3 is 9.55 Å². The van der Waals surface area contributed by atoms with Crippen LogP contribution in [-0.4, -0.2) is 9.55 Å². The second-order valence-electron chi connectivity index (χ2n) is 9.24. The molecule has 4 aromatic carbocycles. The van der Waals surface area contributed by atoms with E-state index in [1.807, 2.05) is 0 Å². The Hall–Kier alpha value is -3.56. The van der Waals surface area contributed by atoms with Gasteiger partial charge in [0, 0.05) is 48.5 Å². The van der Waals surface area contributed by atoms with Crippen molar-refractivity contribution < 1.29 is 0 Å². The van der Waals surface area contributed by atoms with Crippen LogP contribution in [0.25, 0.3) is 49.2 Å². The van der Waals surface area contributed by atoms with Gasteiger partial charge in [-0.15, -0.1) is 0 Å². The molecule has 0 saturated carbocycles. The van der Waals surface area contributed by atoms with Gasteiger partial charge in [-0.25, -0.2) is 0 Å². The minimum absolute atomic E-state index is 0.233. The van der Waals surface area contributed by atoms with Crippen LogP contribution in [-0.2, 0) is 0 Å². The summed E-state index contributed by atoms with van der Waals surface area (Å²) in [4.78, 5) is 3.63. The number of rotatable bonds is 2. The molecule has 2 heterocycles. The molecule has 0 fully saturated rings. The number of fused-ring (bicyclic) bond motifs is 7. The number of nitrogens with zero attached hydrogens (tertiary/aromatic N) is 1. The van der Waals surface area contributed by atoms with Crippen LogP contribution >= 0.6 is 15.9 Å². The van der Waals surface area contributed by atoms with Gasteiger partial charge in [0.05, 0.1) is 11.6 Å². The van der Waals surface area contributed by atoms with Crippen LogP contribution in [0.15, 0.2) is 108 Å². The molecule has 6 aromatic rings. The SMILES string of the molecule is CC1C(c2ccccc2)=CC=CC1n1c2ccccc2c2c3c(ccc21)[nH]c1ccc(Br)cc13. The van der Waals surface area contributed by atoms with Crippen molar-refractivity contribution in [3.8, 4) is 0 Å². The van der Waals surface area contributed by atoms with E-state index in [4.69, 9.17) is 0 Å². The number of hydrogen-bond donors (Lipinski definition) is 1. The molecule has 1 aliphatic carbocycles. The summed E-state index contributed by atoms with van der Waals surface area (Å²) in [5, 5.41) is 5.19. The Morgan fingerprint density at radius 2 is 1.56 bits per heavy atom. The second-order valence-corrected chi connectivity index (χ2v) is 10.2. The molecule has 2 aromatic heterocycles. The van der Waals surface area contributed by atoms with E-state index < -0.39 is 0 Å². The third kappa shape index (κ3) is 2.80. The van der Waals surface area contributed by atoms with E-state index in [2.05, 4.69) is 136 Å². The molecule has 7 rings (SSSR count). The molecule has 0 bridgehead atoms. The average Bonchev–Trinajstić information content (AvgIpc) is 3.40. The zero-order valence-corrected chi connectivity index (χ0v) is 20.4. The van der Waals surface area contributed by atoms with E-state index in [0.29, 0.717) is 5.92 Å². The van der Waals surface area contributed by atoms with E-state index in [-0.39, 0.29) is 6.04 Å². The van der Waals surface area contributed by atoms with Gasteiger partial charge in [0.15, 0.2) is 0 Å². The predicted octanol–water partition coefficient (Wildman–Crippen LogP) is 9.02. The number of H-pyrrole nitrogens is 1. The molecule has 0 aliphatic heterocycles. The van der Waals surface area contributed by atoms with Crippen molar-refractivity contribution in [3.63, 3.8) is 0 Å². The zero-order chi connectivity index (χ0) is 22.8. The number of nitrogens with one attached hydrogen (secondary N) is 1. The van der Waals surface area contributed by atoms with E-state index in [1.54, 1.807) is 0 Å². The number of halogens is 1. The fourth-order valence-electron chi connectivity index (χ4n) is 5.85. The maximum Gasteiger partial charge on any atom is 0.0591 e. The van der Waals surface area contributed by atoms with Gasteiger partial charge in [0.2, 0.25) is 0 Å².